The number of thioether (sulfide) groups is 1. The van der Waals surface area contributed by atoms with E-state index in [1.54, 1.807) is 6.26 Å². The summed E-state index contributed by atoms with van der Waals surface area (Å²) in [5, 5.41) is 8.41. The molecule has 0 radical (unpaired) electrons. The van der Waals surface area contributed by atoms with Gasteiger partial charge in [-0.3, -0.25) is 4.79 Å². The number of carboxylic acid groups (broad SMARTS) is 1. The Morgan fingerprint density at radius 2 is 2.07 bits per heavy atom. The highest BCUT2D eigenvalue weighted by atomic mass is 32.2. The Labute approximate surface area is 83.9 Å². The first-order valence-corrected chi connectivity index (χ1v) is 5.00. The van der Waals surface area contributed by atoms with Gasteiger partial charge in [-0.15, -0.1) is 11.8 Å². The van der Waals surface area contributed by atoms with Crippen molar-refractivity contribution in [3.8, 4) is 0 Å². The third-order valence-corrected chi connectivity index (χ3v) is 2.42. The Balaban J connectivity index is 3.08. The van der Waals surface area contributed by atoms with Crippen LogP contribution in [0.3, 0.4) is 0 Å². The summed E-state index contributed by atoms with van der Waals surface area (Å²) in [6, 6.07) is 1.94. The molecule has 2 nitrogen and oxygen atoms in total. The lowest BCUT2D eigenvalue weighted by Crippen LogP contribution is -2.03. The monoisotopic (exact) mass is 218 g/mol. The summed E-state index contributed by atoms with van der Waals surface area (Å²) in [5.41, 5.74) is -0.132. The van der Waals surface area contributed by atoms with Gasteiger partial charge in [0.05, 0.1) is 6.42 Å². The highest BCUT2D eigenvalue weighted by Gasteiger charge is 2.11. The van der Waals surface area contributed by atoms with E-state index in [-0.39, 0.29) is 10.5 Å². The van der Waals surface area contributed by atoms with Gasteiger partial charge in [0, 0.05) is 10.5 Å². The summed E-state index contributed by atoms with van der Waals surface area (Å²) < 4.78 is 26.2. The van der Waals surface area contributed by atoms with Crippen LogP contribution in [0.1, 0.15) is 5.56 Å². The Kier molecular flexibility index (Phi) is 3.46. The maximum Gasteiger partial charge on any atom is 0.307 e. The van der Waals surface area contributed by atoms with Crippen LogP contribution in [0.15, 0.2) is 17.0 Å². The molecular weight excluding hydrogens is 210 g/mol. The SMILES string of the molecule is CSc1cc(F)c(CC(=O)O)cc1F. The quantitative estimate of drug-likeness (QED) is 0.791. The fourth-order valence-electron chi connectivity index (χ4n) is 1.02. The summed E-state index contributed by atoms with van der Waals surface area (Å²) in [4.78, 5) is 10.5. The number of carboxylic acids is 1. The van der Waals surface area contributed by atoms with Gasteiger partial charge in [-0.25, -0.2) is 8.78 Å². The van der Waals surface area contributed by atoms with Crippen LogP contribution in [0, 0.1) is 11.6 Å². The van der Waals surface area contributed by atoms with Gasteiger partial charge in [0.1, 0.15) is 11.6 Å². The summed E-state index contributed by atoms with van der Waals surface area (Å²) in [7, 11) is 0. The molecule has 0 atom stereocenters. The predicted molar refractivity (Wildman–Crippen MR) is 49.5 cm³/mol. The molecule has 1 aromatic carbocycles. The first kappa shape index (κ1) is 11.0. The lowest BCUT2D eigenvalue weighted by molar-refractivity contribution is -0.136. The van der Waals surface area contributed by atoms with E-state index in [2.05, 4.69) is 0 Å². The van der Waals surface area contributed by atoms with Crippen molar-refractivity contribution in [2.75, 3.05) is 6.26 Å². The highest BCUT2D eigenvalue weighted by Crippen LogP contribution is 2.22. The molecule has 1 N–H and O–H groups in total. The molecular formula is C9H8F2O2S. The first-order valence-electron chi connectivity index (χ1n) is 3.78. The molecule has 76 valence electrons. The minimum Gasteiger partial charge on any atom is -0.481 e. The van der Waals surface area contributed by atoms with E-state index in [0.29, 0.717) is 0 Å². The van der Waals surface area contributed by atoms with Crippen LogP contribution < -0.4 is 0 Å². The topological polar surface area (TPSA) is 37.3 Å². The minimum absolute atomic E-state index is 0.132. The van der Waals surface area contributed by atoms with Crippen molar-refractivity contribution in [2.24, 2.45) is 0 Å². The van der Waals surface area contributed by atoms with Gasteiger partial charge in [-0.05, 0) is 18.4 Å². The Hall–Kier alpha value is -1.10. The lowest BCUT2D eigenvalue weighted by atomic mass is 10.1. The second kappa shape index (κ2) is 4.41. The molecule has 1 aromatic rings. The van der Waals surface area contributed by atoms with Gasteiger partial charge in [0.15, 0.2) is 0 Å². The predicted octanol–water partition coefficient (Wildman–Crippen LogP) is 2.31. The Bertz CT molecular complexity index is 366. The van der Waals surface area contributed by atoms with Crippen molar-refractivity contribution in [1.82, 2.24) is 0 Å². The summed E-state index contributed by atoms with van der Waals surface area (Å²) in [6.45, 7) is 0. The number of hydrogen-bond acceptors (Lipinski definition) is 2. The largest absolute Gasteiger partial charge is 0.481 e. The maximum atomic E-state index is 13.1. The van der Waals surface area contributed by atoms with E-state index >= 15 is 0 Å². The van der Waals surface area contributed by atoms with Crippen LogP contribution in [0.5, 0.6) is 0 Å². The number of halogens is 2. The Morgan fingerprint density at radius 3 is 2.57 bits per heavy atom. The molecule has 0 saturated heterocycles. The highest BCUT2D eigenvalue weighted by molar-refractivity contribution is 7.98. The first-order chi connectivity index (χ1) is 6.54. The van der Waals surface area contributed by atoms with Gasteiger partial charge in [-0.2, -0.15) is 0 Å². The number of carbonyl (C=O) groups is 1. The van der Waals surface area contributed by atoms with Crippen molar-refractivity contribution in [3.05, 3.63) is 29.3 Å². The van der Waals surface area contributed by atoms with Crippen LogP contribution >= 0.6 is 11.8 Å². The van der Waals surface area contributed by atoms with Gasteiger partial charge < -0.3 is 5.11 Å². The molecule has 5 heteroatoms. The lowest BCUT2D eigenvalue weighted by Gasteiger charge is -2.03. The molecule has 0 heterocycles. The number of aliphatic carboxylic acids is 1. The molecule has 0 bridgehead atoms. The molecule has 0 unspecified atom stereocenters. The Morgan fingerprint density at radius 1 is 1.43 bits per heavy atom. The fourth-order valence-corrected chi connectivity index (χ4v) is 1.50. The fraction of sp³-hybridized carbons (Fsp3) is 0.222. The molecule has 0 aliphatic rings. The van der Waals surface area contributed by atoms with Crippen LogP contribution in [0.4, 0.5) is 8.78 Å². The molecule has 0 saturated carbocycles. The van der Waals surface area contributed by atoms with Crippen LogP contribution in [-0.4, -0.2) is 17.3 Å². The average molecular weight is 218 g/mol. The van der Waals surface area contributed by atoms with E-state index in [0.717, 1.165) is 23.9 Å². The molecule has 0 spiro atoms. The van der Waals surface area contributed by atoms with Crippen LogP contribution in [-0.2, 0) is 11.2 Å². The van der Waals surface area contributed by atoms with E-state index in [1.165, 1.54) is 0 Å². The summed E-state index contributed by atoms with van der Waals surface area (Å²) in [5.74, 6) is -2.45. The zero-order chi connectivity index (χ0) is 10.7. The van der Waals surface area contributed by atoms with Gasteiger partial charge in [0.25, 0.3) is 0 Å². The standard InChI is InChI=1S/C9H8F2O2S/c1-14-8-4-6(10)5(2-7(8)11)3-9(12)13/h2,4H,3H2,1H3,(H,12,13). The molecule has 0 aliphatic heterocycles. The van der Waals surface area contributed by atoms with Gasteiger partial charge in [-0.1, -0.05) is 0 Å². The molecule has 0 amide bonds. The third-order valence-electron chi connectivity index (χ3n) is 1.66. The van der Waals surface area contributed by atoms with Crippen molar-refractivity contribution >= 4 is 17.7 Å². The van der Waals surface area contributed by atoms with E-state index < -0.39 is 24.0 Å². The number of hydrogen-bond donors (Lipinski definition) is 1. The third kappa shape index (κ3) is 2.45. The summed E-state index contributed by atoms with van der Waals surface area (Å²) >= 11 is 1.07. The second-order valence-corrected chi connectivity index (χ2v) is 3.50. The van der Waals surface area contributed by atoms with E-state index in [1.807, 2.05) is 0 Å². The molecule has 0 aromatic heterocycles. The number of benzene rings is 1. The average Bonchev–Trinajstić information content (AvgIpc) is 2.10. The second-order valence-electron chi connectivity index (χ2n) is 2.65. The van der Waals surface area contributed by atoms with E-state index in [4.69, 9.17) is 5.11 Å². The normalized spacial score (nSPS) is 10.2. The molecule has 0 fully saturated rings. The van der Waals surface area contributed by atoms with Crippen LogP contribution in [0.25, 0.3) is 0 Å². The van der Waals surface area contributed by atoms with Gasteiger partial charge in [0.2, 0.25) is 0 Å². The maximum absolute atomic E-state index is 13.1. The molecule has 1 rings (SSSR count). The van der Waals surface area contributed by atoms with Crippen molar-refractivity contribution < 1.29 is 18.7 Å². The van der Waals surface area contributed by atoms with Crippen LogP contribution in [0.2, 0.25) is 0 Å². The van der Waals surface area contributed by atoms with Crippen molar-refractivity contribution in [2.45, 2.75) is 11.3 Å². The van der Waals surface area contributed by atoms with Gasteiger partial charge >= 0.3 is 5.97 Å². The summed E-state index contributed by atoms with van der Waals surface area (Å²) in [6.07, 6.45) is 1.12. The molecule has 14 heavy (non-hydrogen) atoms. The zero-order valence-electron chi connectivity index (χ0n) is 7.38. The zero-order valence-corrected chi connectivity index (χ0v) is 8.20. The minimum atomic E-state index is -1.18. The smallest absolute Gasteiger partial charge is 0.307 e. The molecule has 0 aliphatic carbocycles. The van der Waals surface area contributed by atoms with Crippen molar-refractivity contribution in [1.29, 1.82) is 0 Å². The van der Waals surface area contributed by atoms with Crippen molar-refractivity contribution in [3.63, 3.8) is 0 Å². The van der Waals surface area contributed by atoms with E-state index in [9.17, 15) is 13.6 Å². The number of rotatable bonds is 3.